The van der Waals surface area contributed by atoms with Crippen molar-refractivity contribution in [2.24, 2.45) is 0 Å². The maximum atomic E-state index is 12.2. The molecule has 2 heterocycles. The van der Waals surface area contributed by atoms with Crippen LogP contribution in [0.4, 0.5) is 5.69 Å². The molecule has 1 aromatic heterocycles. The lowest BCUT2D eigenvalue weighted by atomic mass is 10.1. The Bertz CT molecular complexity index is 790. The molecule has 1 aromatic carbocycles. The number of fused-ring (bicyclic) bond motifs is 1. The topological polar surface area (TPSA) is 106 Å². The molecule has 0 unspecified atom stereocenters. The lowest BCUT2D eigenvalue weighted by Crippen LogP contribution is -2.29. The molecule has 3 rings (SSSR count). The number of rotatable bonds is 3. The summed E-state index contributed by atoms with van der Waals surface area (Å²) in [5, 5.41) is 14.5. The summed E-state index contributed by atoms with van der Waals surface area (Å²) in [6, 6.07) is 3.55. The number of amides is 2. The fourth-order valence-corrected chi connectivity index (χ4v) is 2.59. The van der Waals surface area contributed by atoms with Crippen LogP contribution < -0.4 is 0 Å². The molecule has 106 valence electrons. The van der Waals surface area contributed by atoms with Crippen LogP contribution in [0.15, 0.2) is 18.2 Å². The molecular formula is C11H5ClN4O4S. The van der Waals surface area contributed by atoms with Crippen LogP contribution in [-0.2, 0) is 6.54 Å². The Morgan fingerprint density at radius 1 is 1.29 bits per heavy atom. The Hall–Kier alpha value is -2.39. The summed E-state index contributed by atoms with van der Waals surface area (Å²) in [7, 11) is 0. The number of carbonyl (C=O) groups is 2. The Morgan fingerprint density at radius 2 is 2.00 bits per heavy atom. The van der Waals surface area contributed by atoms with Crippen molar-refractivity contribution in [2.45, 2.75) is 6.54 Å². The number of aromatic nitrogens is 2. The zero-order valence-electron chi connectivity index (χ0n) is 10.1. The number of hydrogen-bond donors (Lipinski definition) is 0. The highest BCUT2D eigenvalue weighted by molar-refractivity contribution is 7.10. The third-order valence-corrected chi connectivity index (χ3v) is 3.97. The first kappa shape index (κ1) is 13.6. The molecule has 1 aliphatic heterocycles. The summed E-state index contributed by atoms with van der Waals surface area (Å²) in [6.45, 7) is -0.116. The summed E-state index contributed by atoms with van der Waals surface area (Å²) in [6.07, 6.45) is 0. The van der Waals surface area contributed by atoms with Gasteiger partial charge in [-0.05, 0) is 6.07 Å². The summed E-state index contributed by atoms with van der Waals surface area (Å²) in [5.74, 6) is -1.14. The number of nitrogens with zero attached hydrogens (tertiary/aromatic N) is 4. The highest BCUT2D eigenvalue weighted by Crippen LogP contribution is 2.29. The van der Waals surface area contributed by atoms with Gasteiger partial charge in [-0.2, -0.15) is 0 Å². The fraction of sp³-hybridized carbons (Fsp3) is 0.0909. The predicted molar refractivity (Wildman–Crippen MR) is 72.2 cm³/mol. The summed E-state index contributed by atoms with van der Waals surface area (Å²) >= 11 is 6.79. The van der Waals surface area contributed by atoms with E-state index in [4.69, 9.17) is 11.6 Å². The number of nitro benzene ring substituents is 1. The van der Waals surface area contributed by atoms with E-state index in [1.165, 1.54) is 12.1 Å². The molecule has 0 saturated heterocycles. The number of nitro groups is 1. The third kappa shape index (κ3) is 2.16. The molecule has 0 N–H and O–H groups in total. The van der Waals surface area contributed by atoms with E-state index in [0.717, 1.165) is 22.5 Å². The van der Waals surface area contributed by atoms with Crippen molar-refractivity contribution < 1.29 is 14.5 Å². The van der Waals surface area contributed by atoms with Gasteiger partial charge in [-0.25, -0.2) is 0 Å². The average molecular weight is 325 g/mol. The zero-order valence-corrected chi connectivity index (χ0v) is 11.7. The van der Waals surface area contributed by atoms with Crippen molar-refractivity contribution in [1.29, 1.82) is 0 Å². The molecule has 0 bridgehead atoms. The third-order valence-electron chi connectivity index (χ3n) is 2.98. The molecule has 2 aromatic rings. The maximum absolute atomic E-state index is 12.2. The summed E-state index contributed by atoms with van der Waals surface area (Å²) < 4.78 is 3.91. The van der Waals surface area contributed by atoms with Gasteiger partial charge in [-0.3, -0.25) is 24.6 Å². The minimum Gasteiger partial charge on any atom is -0.269 e. The van der Waals surface area contributed by atoms with Gasteiger partial charge < -0.3 is 0 Å². The van der Waals surface area contributed by atoms with Crippen LogP contribution in [0.3, 0.4) is 0 Å². The van der Waals surface area contributed by atoms with E-state index < -0.39 is 16.7 Å². The number of non-ortho nitro benzene ring substituents is 1. The maximum Gasteiger partial charge on any atom is 0.270 e. The smallest absolute Gasteiger partial charge is 0.269 e. The van der Waals surface area contributed by atoms with Crippen molar-refractivity contribution in [2.75, 3.05) is 0 Å². The predicted octanol–water partition coefficient (Wildman–Crippen LogP) is 1.90. The number of benzene rings is 1. The lowest BCUT2D eigenvalue weighted by molar-refractivity contribution is -0.384. The van der Waals surface area contributed by atoms with Crippen molar-refractivity contribution in [3.8, 4) is 0 Å². The van der Waals surface area contributed by atoms with Gasteiger partial charge in [0.2, 0.25) is 0 Å². The average Bonchev–Trinajstić information content (AvgIpc) is 2.96. The molecule has 1 aliphatic rings. The van der Waals surface area contributed by atoms with Crippen LogP contribution in [0.2, 0.25) is 4.34 Å². The number of carbonyl (C=O) groups excluding carboxylic acids is 2. The van der Waals surface area contributed by atoms with Crippen LogP contribution in [0.5, 0.6) is 0 Å². The molecule has 0 fully saturated rings. The van der Waals surface area contributed by atoms with E-state index >= 15 is 0 Å². The SMILES string of the molecule is O=C1c2ccc([N+](=O)[O-])cc2C(=O)N1Cc1nnsc1Cl. The van der Waals surface area contributed by atoms with Crippen LogP contribution in [0.25, 0.3) is 0 Å². The van der Waals surface area contributed by atoms with Crippen LogP contribution in [0, 0.1) is 10.1 Å². The van der Waals surface area contributed by atoms with E-state index in [1.807, 2.05) is 0 Å². The molecule has 0 aliphatic carbocycles. The summed E-state index contributed by atoms with van der Waals surface area (Å²) in [4.78, 5) is 35.4. The summed E-state index contributed by atoms with van der Waals surface area (Å²) in [5.41, 5.74) is 0.203. The Labute approximate surface area is 126 Å². The van der Waals surface area contributed by atoms with E-state index in [0.29, 0.717) is 5.69 Å². The van der Waals surface area contributed by atoms with Gasteiger partial charge in [0.15, 0.2) is 0 Å². The van der Waals surface area contributed by atoms with E-state index in [1.54, 1.807) is 0 Å². The Balaban J connectivity index is 1.97. The van der Waals surface area contributed by atoms with Gasteiger partial charge in [0.25, 0.3) is 17.5 Å². The van der Waals surface area contributed by atoms with Gasteiger partial charge in [0.05, 0.1) is 22.6 Å². The Kier molecular flexibility index (Phi) is 3.15. The number of halogens is 1. The van der Waals surface area contributed by atoms with Crippen molar-refractivity contribution in [1.82, 2.24) is 14.5 Å². The monoisotopic (exact) mass is 324 g/mol. The molecule has 10 heteroatoms. The number of imide groups is 1. The van der Waals surface area contributed by atoms with Crippen molar-refractivity contribution >= 4 is 40.6 Å². The quantitative estimate of drug-likeness (QED) is 0.485. The fourth-order valence-electron chi connectivity index (χ4n) is 1.98. The Morgan fingerprint density at radius 3 is 2.62 bits per heavy atom. The van der Waals surface area contributed by atoms with E-state index in [9.17, 15) is 19.7 Å². The molecule has 0 atom stereocenters. The van der Waals surface area contributed by atoms with Crippen LogP contribution >= 0.6 is 23.1 Å². The molecule has 8 nitrogen and oxygen atoms in total. The van der Waals surface area contributed by atoms with Crippen LogP contribution in [0.1, 0.15) is 26.4 Å². The molecule has 0 saturated carbocycles. The van der Waals surface area contributed by atoms with Gasteiger partial charge in [-0.15, -0.1) is 5.10 Å². The van der Waals surface area contributed by atoms with Crippen molar-refractivity contribution in [3.05, 3.63) is 49.5 Å². The first-order valence-electron chi connectivity index (χ1n) is 5.60. The van der Waals surface area contributed by atoms with Crippen molar-refractivity contribution in [3.63, 3.8) is 0 Å². The molecule has 21 heavy (non-hydrogen) atoms. The first-order chi connectivity index (χ1) is 9.99. The molecular weight excluding hydrogens is 320 g/mol. The second-order valence-electron chi connectivity index (χ2n) is 4.18. The second-order valence-corrected chi connectivity index (χ2v) is 5.53. The lowest BCUT2D eigenvalue weighted by Gasteiger charge is -2.11. The van der Waals surface area contributed by atoms with Gasteiger partial charge in [0, 0.05) is 23.7 Å². The largest absolute Gasteiger partial charge is 0.270 e. The van der Waals surface area contributed by atoms with E-state index in [-0.39, 0.29) is 27.7 Å². The van der Waals surface area contributed by atoms with Gasteiger partial charge >= 0.3 is 0 Å². The molecule has 2 amide bonds. The number of hydrogen-bond acceptors (Lipinski definition) is 7. The first-order valence-corrected chi connectivity index (χ1v) is 6.75. The highest BCUT2D eigenvalue weighted by atomic mass is 35.5. The van der Waals surface area contributed by atoms with E-state index in [2.05, 4.69) is 9.59 Å². The second kappa shape index (κ2) is 4.86. The van der Waals surface area contributed by atoms with Crippen LogP contribution in [-0.4, -0.2) is 31.2 Å². The standard InChI is InChI=1S/C11H5ClN4O4S/c12-9-8(13-14-21-9)4-15-10(17)6-2-1-5(16(19)20)3-7(6)11(15)18/h1-3H,4H2. The van der Waals surface area contributed by atoms with Gasteiger partial charge in [-0.1, -0.05) is 16.1 Å². The highest BCUT2D eigenvalue weighted by Gasteiger charge is 2.37. The van der Waals surface area contributed by atoms with Gasteiger partial charge in [0.1, 0.15) is 10.0 Å². The molecule has 0 radical (unpaired) electrons. The zero-order chi connectivity index (χ0) is 15.1. The minimum atomic E-state index is -0.623. The minimum absolute atomic E-state index is 0.00788. The molecule has 0 spiro atoms. The normalized spacial score (nSPS) is 13.7.